The quantitative estimate of drug-likeness (QED) is 0.211. The summed E-state index contributed by atoms with van der Waals surface area (Å²) < 4.78 is 51.6. The molecule has 312 valence electrons. The Balaban J connectivity index is 1.36. The average Bonchev–Trinajstić information content (AvgIpc) is 4.06. The zero-order valence-electron chi connectivity index (χ0n) is 34.6. The highest BCUT2D eigenvalue weighted by Crippen LogP contribution is 2.58. The van der Waals surface area contributed by atoms with Crippen molar-refractivity contribution in [2.75, 3.05) is 20.8 Å². The lowest BCUT2D eigenvalue weighted by molar-refractivity contribution is -0.159. The Labute approximate surface area is 336 Å². The number of benzene rings is 1. The van der Waals surface area contributed by atoms with Crippen LogP contribution < -0.4 is 18.9 Å². The number of hydrogen-bond donors (Lipinski definition) is 1. The maximum atomic E-state index is 14.9. The molecule has 4 aliphatic rings. The fourth-order valence-electron chi connectivity index (χ4n) is 8.68. The molecule has 0 spiro atoms. The van der Waals surface area contributed by atoms with E-state index in [2.05, 4.69) is 16.6 Å². The van der Waals surface area contributed by atoms with Gasteiger partial charge in [0, 0.05) is 23.6 Å². The monoisotopic (exact) mass is 809 g/mol. The van der Waals surface area contributed by atoms with Gasteiger partial charge in [0.25, 0.3) is 0 Å². The smallest absolute Gasteiger partial charge is 0.307 e. The molecule has 0 radical (unpaired) electrons. The van der Waals surface area contributed by atoms with E-state index in [9.17, 15) is 27.6 Å². The van der Waals surface area contributed by atoms with Gasteiger partial charge in [0.05, 0.1) is 55.5 Å². The Morgan fingerprint density at radius 1 is 1.04 bits per heavy atom. The average molecular weight is 810 g/mol. The number of sulfonamides is 1. The third-order valence-electron chi connectivity index (χ3n) is 12.6. The van der Waals surface area contributed by atoms with Crippen molar-refractivity contribution in [2.45, 2.75) is 128 Å². The number of esters is 1. The minimum atomic E-state index is -3.98. The molecule has 1 aromatic carbocycles. The second kappa shape index (κ2) is 16.2. The van der Waals surface area contributed by atoms with Crippen molar-refractivity contribution in [3.05, 3.63) is 36.5 Å². The van der Waals surface area contributed by atoms with Gasteiger partial charge < -0.3 is 23.8 Å². The van der Waals surface area contributed by atoms with E-state index in [1.807, 2.05) is 31.2 Å². The molecule has 57 heavy (non-hydrogen) atoms. The molecule has 0 unspecified atom stereocenters. The first kappa shape index (κ1) is 42.4. The van der Waals surface area contributed by atoms with Crippen LogP contribution in [0.3, 0.4) is 0 Å². The summed E-state index contributed by atoms with van der Waals surface area (Å²) in [7, 11) is -0.864. The van der Waals surface area contributed by atoms with Crippen molar-refractivity contribution in [3.63, 3.8) is 0 Å². The summed E-state index contributed by atoms with van der Waals surface area (Å²) in [5.41, 5.74) is -2.04. The largest absolute Gasteiger partial charge is 0.497 e. The van der Waals surface area contributed by atoms with E-state index in [4.69, 9.17) is 18.9 Å². The van der Waals surface area contributed by atoms with Crippen LogP contribution in [-0.2, 0) is 33.9 Å². The summed E-state index contributed by atoms with van der Waals surface area (Å²) in [5.74, 6) is -1.68. The first-order valence-electron chi connectivity index (χ1n) is 20.3. The van der Waals surface area contributed by atoms with E-state index in [-0.39, 0.29) is 61.1 Å². The summed E-state index contributed by atoms with van der Waals surface area (Å²) in [6.45, 7) is 11.2. The van der Waals surface area contributed by atoms with Crippen LogP contribution in [0, 0.1) is 29.1 Å². The number of rotatable bonds is 10. The molecular formula is C43H59N3O10S. The first-order valence-corrected chi connectivity index (χ1v) is 21.8. The minimum Gasteiger partial charge on any atom is -0.497 e. The van der Waals surface area contributed by atoms with Gasteiger partial charge in [0.2, 0.25) is 27.7 Å². The molecule has 3 fully saturated rings. The number of nitrogens with one attached hydrogen (secondary N) is 1. The lowest BCUT2D eigenvalue weighted by Crippen LogP contribution is -2.48. The number of ketones is 1. The maximum absolute atomic E-state index is 14.9. The third-order valence-corrected chi connectivity index (χ3v) is 14.9. The highest BCUT2D eigenvalue weighted by Gasteiger charge is 2.63. The number of nitrogens with zero attached hydrogens (tertiary/aromatic N) is 2. The highest BCUT2D eigenvalue weighted by molar-refractivity contribution is 7.91. The van der Waals surface area contributed by atoms with Crippen LogP contribution in [0.5, 0.6) is 17.4 Å². The molecule has 2 aromatic rings. The van der Waals surface area contributed by atoms with Crippen molar-refractivity contribution >= 4 is 44.4 Å². The minimum absolute atomic E-state index is 0.0328. The highest BCUT2D eigenvalue weighted by atomic mass is 32.2. The Morgan fingerprint density at radius 2 is 1.77 bits per heavy atom. The number of Topliss-reactive ketones (excluding diaryl/α,β-unsaturated/α-hetero) is 1. The Morgan fingerprint density at radius 3 is 2.42 bits per heavy atom. The predicted molar refractivity (Wildman–Crippen MR) is 214 cm³/mol. The van der Waals surface area contributed by atoms with Gasteiger partial charge in [0.1, 0.15) is 23.2 Å². The molecule has 2 amide bonds. The third kappa shape index (κ3) is 8.95. The Hall–Kier alpha value is -4.20. The molecule has 7 atom stereocenters. The number of aromatic nitrogens is 1. The van der Waals surface area contributed by atoms with E-state index in [1.165, 1.54) is 4.90 Å². The topological polar surface area (TPSA) is 168 Å². The van der Waals surface area contributed by atoms with Crippen molar-refractivity contribution in [3.8, 4) is 17.4 Å². The Kier molecular flexibility index (Phi) is 12.1. The second-order valence-electron chi connectivity index (χ2n) is 17.8. The fraction of sp³-hybridized carbons (Fsp3) is 0.651. The number of carbonyl (C=O) groups excluding carboxylic acids is 4. The van der Waals surface area contributed by atoms with Gasteiger partial charge in [-0.1, -0.05) is 39.3 Å². The molecule has 1 aromatic heterocycles. The molecule has 6 rings (SSSR count). The van der Waals surface area contributed by atoms with Crippen LogP contribution in [-0.4, -0.2) is 85.1 Å². The summed E-state index contributed by atoms with van der Waals surface area (Å²) in [6.07, 6.45) is 8.49. The molecular weight excluding hydrogens is 751 g/mol. The number of ether oxygens (including phenoxy) is 4. The number of hydrogen-bond acceptors (Lipinski definition) is 11. The van der Waals surface area contributed by atoms with Crippen molar-refractivity contribution in [1.29, 1.82) is 0 Å². The molecule has 0 bridgehead atoms. The lowest BCUT2D eigenvalue weighted by Gasteiger charge is -2.32. The molecule has 1 N–H and O–H groups in total. The number of pyridine rings is 1. The van der Waals surface area contributed by atoms with Gasteiger partial charge in [0.15, 0.2) is 5.78 Å². The molecule has 2 aliphatic carbocycles. The Bertz CT molecular complexity index is 2020. The van der Waals surface area contributed by atoms with Gasteiger partial charge in [-0.05, 0) is 95.2 Å². The van der Waals surface area contributed by atoms with Crippen LogP contribution in [0.1, 0.15) is 106 Å². The molecule has 2 saturated carbocycles. The van der Waals surface area contributed by atoms with Crippen LogP contribution in [0.4, 0.5) is 0 Å². The number of carbonyl (C=O) groups is 4. The van der Waals surface area contributed by atoms with Gasteiger partial charge in [-0.15, -0.1) is 0 Å². The lowest BCUT2D eigenvalue weighted by atomic mass is 9.84. The number of methoxy groups -OCH3 is 2. The van der Waals surface area contributed by atoms with Gasteiger partial charge in [-0.25, -0.2) is 13.4 Å². The summed E-state index contributed by atoms with van der Waals surface area (Å²) >= 11 is 0. The standard InChI is InChI=1S/C43H59N3O10S/c1-9-42(17-18-42)57(51,52)45-40(50)43-22-28(43)14-13-26(2)11-10-12-27(3)32(21-37(48)56-41(4,5)6)39(49)46-25-30(20-34(46)35(47)23-43)55-38-31-16-15-29(53-7)19-33(31)36(54-8)24-44-38/h13-16,19,24,26-28,30,32,34H,9-12,17-18,20-23,25H2,1-8H3,(H,45,50)/b14-13-/t26-,27-,28-,30-,32+,34+,43-/m1/s1. The van der Waals surface area contributed by atoms with E-state index in [1.54, 1.807) is 54.2 Å². The number of amides is 2. The van der Waals surface area contributed by atoms with Gasteiger partial charge in [-0.3, -0.25) is 23.9 Å². The number of allylic oxidation sites excluding steroid dienone is 2. The van der Waals surface area contributed by atoms with E-state index >= 15 is 0 Å². The van der Waals surface area contributed by atoms with E-state index < -0.39 is 55.7 Å². The zero-order valence-corrected chi connectivity index (χ0v) is 35.4. The first-order chi connectivity index (χ1) is 26.9. The summed E-state index contributed by atoms with van der Waals surface area (Å²) in [5, 5.41) is 1.35. The molecule has 2 aliphatic heterocycles. The van der Waals surface area contributed by atoms with Crippen LogP contribution >= 0.6 is 0 Å². The SMILES string of the molecule is CCC1(S(=O)(=O)NC(=O)[C@]23CC(=O)[C@@H]4C[C@@H](Oc5ncc(OC)c6cc(OC)ccc56)CN4C(=O)[C@@H](CC(=O)OC(C)(C)C)[C@H](C)CCC[C@@H](C)/C=C\[C@@H]2C3)CC1. The van der Waals surface area contributed by atoms with Crippen molar-refractivity contribution < 1.29 is 46.5 Å². The molecule has 1 saturated heterocycles. The maximum Gasteiger partial charge on any atom is 0.307 e. The molecule has 13 nitrogen and oxygen atoms in total. The summed E-state index contributed by atoms with van der Waals surface area (Å²) in [6, 6.07) is 4.41. The van der Waals surface area contributed by atoms with Crippen LogP contribution in [0.15, 0.2) is 36.5 Å². The molecule has 3 heterocycles. The predicted octanol–water partition coefficient (Wildman–Crippen LogP) is 6.31. The van der Waals surface area contributed by atoms with Crippen molar-refractivity contribution in [1.82, 2.24) is 14.6 Å². The van der Waals surface area contributed by atoms with Crippen LogP contribution in [0.25, 0.3) is 10.8 Å². The molecule has 14 heteroatoms. The zero-order chi connectivity index (χ0) is 41.5. The summed E-state index contributed by atoms with van der Waals surface area (Å²) in [4.78, 5) is 63.2. The van der Waals surface area contributed by atoms with Gasteiger partial charge in [-0.2, -0.15) is 0 Å². The number of fused-ring (bicyclic) bond motifs is 3. The van der Waals surface area contributed by atoms with E-state index in [0.29, 0.717) is 54.4 Å². The second-order valence-corrected chi connectivity index (χ2v) is 19.9. The fourth-order valence-corrected chi connectivity index (χ4v) is 10.4. The normalized spacial score (nSPS) is 29.6. The van der Waals surface area contributed by atoms with Gasteiger partial charge >= 0.3 is 5.97 Å². The van der Waals surface area contributed by atoms with Crippen LogP contribution in [0.2, 0.25) is 0 Å². The van der Waals surface area contributed by atoms with Crippen molar-refractivity contribution in [2.24, 2.45) is 29.1 Å². The van der Waals surface area contributed by atoms with E-state index in [0.717, 1.165) is 12.8 Å².